The number of hydrogen-bond donors (Lipinski definition) is 2. The predicted molar refractivity (Wildman–Crippen MR) is 118 cm³/mol. The van der Waals surface area contributed by atoms with E-state index in [1.165, 1.54) is 7.11 Å². The first kappa shape index (κ1) is 20.2. The standard InChI is InChI=1S/C26H22O6/c1-3-15-7-6-9-18-22(15)23(16-11-12-20-21(13-16)32-14-31-20)24(25(27)28)26(18,29)17-8-4-5-10-19(17)30-2/h4-13,29H,3,14H2,1-2H3,(H,27,28). The number of benzene rings is 3. The number of carboxylic acid groups (broad SMARTS) is 1. The maximum atomic E-state index is 12.8. The molecule has 1 unspecified atom stereocenters. The van der Waals surface area contributed by atoms with E-state index < -0.39 is 11.6 Å². The number of fused-ring (bicyclic) bond motifs is 2. The van der Waals surface area contributed by atoms with E-state index in [2.05, 4.69) is 0 Å². The fraction of sp³-hybridized carbons (Fsp3) is 0.192. The van der Waals surface area contributed by atoms with Crippen LogP contribution in [0.3, 0.4) is 0 Å². The molecule has 0 bridgehead atoms. The molecule has 0 spiro atoms. The van der Waals surface area contributed by atoms with E-state index >= 15 is 0 Å². The van der Waals surface area contributed by atoms with Crippen LogP contribution in [0.2, 0.25) is 0 Å². The van der Waals surface area contributed by atoms with Crippen LogP contribution in [0.25, 0.3) is 5.57 Å². The third-order valence-corrected chi connectivity index (χ3v) is 6.16. The molecule has 0 saturated carbocycles. The Morgan fingerprint density at radius 1 is 1.03 bits per heavy atom. The van der Waals surface area contributed by atoms with Gasteiger partial charge < -0.3 is 24.4 Å². The average molecular weight is 430 g/mol. The van der Waals surface area contributed by atoms with Crippen LogP contribution < -0.4 is 14.2 Å². The number of aliphatic carboxylic acids is 1. The number of methoxy groups -OCH3 is 1. The molecule has 162 valence electrons. The van der Waals surface area contributed by atoms with Crippen LogP contribution in [0.5, 0.6) is 17.2 Å². The molecule has 0 amide bonds. The van der Waals surface area contributed by atoms with Crippen molar-refractivity contribution in [2.24, 2.45) is 0 Å². The molecule has 2 N–H and O–H groups in total. The van der Waals surface area contributed by atoms with Gasteiger partial charge in [-0.3, -0.25) is 0 Å². The van der Waals surface area contributed by atoms with E-state index in [1.807, 2.05) is 19.1 Å². The topological polar surface area (TPSA) is 85.2 Å². The van der Waals surface area contributed by atoms with Crippen molar-refractivity contribution in [1.29, 1.82) is 0 Å². The molecule has 6 nitrogen and oxygen atoms in total. The number of ether oxygens (including phenoxy) is 3. The fourth-order valence-corrected chi connectivity index (χ4v) is 4.76. The molecule has 0 radical (unpaired) electrons. The van der Waals surface area contributed by atoms with Crippen LogP contribution >= 0.6 is 0 Å². The van der Waals surface area contributed by atoms with E-state index in [9.17, 15) is 15.0 Å². The van der Waals surface area contributed by atoms with Crippen molar-refractivity contribution < 1.29 is 29.2 Å². The molecule has 0 saturated heterocycles. The predicted octanol–water partition coefficient (Wildman–Crippen LogP) is 4.12. The highest BCUT2D eigenvalue weighted by Crippen LogP contribution is 2.54. The second kappa shape index (κ2) is 7.43. The van der Waals surface area contributed by atoms with Crippen molar-refractivity contribution in [3.63, 3.8) is 0 Å². The maximum absolute atomic E-state index is 12.8. The van der Waals surface area contributed by atoms with Crippen molar-refractivity contribution in [3.8, 4) is 17.2 Å². The average Bonchev–Trinajstić information content (AvgIpc) is 3.39. The molecule has 3 aromatic carbocycles. The van der Waals surface area contributed by atoms with E-state index in [1.54, 1.807) is 48.5 Å². The summed E-state index contributed by atoms with van der Waals surface area (Å²) in [6.45, 7) is 2.12. The molecule has 1 heterocycles. The lowest BCUT2D eigenvalue weighted by Crippen LogP contribution is -2.32. The molecular formula is C26H22O6. The summed E-state index contributed by atoms with van der Waals surface area (Å²) in [5.74, 6) is 0.356. The van der Waals surface area contributed by atoms with Crippen LogP contribution in [0.4, 0.5) is 0 Å². The maximum Gasteiger partial charge on any atom is 0.335 e. The van der Waals surface area contributed by atoms with Crippen molar-refractivity contribution in [1.82, 2.24) is 0 Å². The summed E-state index contributed by atoms with van der Waals surface area (Å²) in [6.07, 6.45) is 0.673. The first-order chi connectivity index (χ1) is 15.5. The summed E-state index contributed by atoms with van der Waals surface area (Å²) in [5, 5.41) is 22.6. The van der Waals surface area contributed by atoms with Crippen LogP contribution in [0, 0.1) is 0 Å². The van der Waals surface area contributed by atoms with Gasteiger partial charge in [-0.05, 0) is 41.3 Å². The summed E-state index contributed by atoms with van der Waals surface area (Å²) in [7, 11) is 1.50. The summed E-state index contributed by atoms with van der Waals surface area (Å²) in [6, 6.07) is 17.9. The van der Waals surface area contributed by atoms with E-state index in [-0.39, 0.29) is 12.4 Å². The van der Waals surface area contributed by atoms with Gasteiger partial charge in [0.15, 0.2) is 17.1 Å². The van der Waals surface area contributed by atoms with Gasteiger partial charge >= 0.3 is 5.97 Å². The lowest BCUT2D eigenvalue weighted by molar-refractivity contribution is -0.134. The van der Waals surface area contributed by atoms with Gasteiger partial charge in [-0.1, -0.05) is 49.4 Å². The van der Waals surface area contributed by atoms with Crippen molar-refractivity contribution in [3.05, 3.63) is 94.1 Å². The Morgan fingerprint density at radius 3 is 2.53 bits per heavy atom. The number of aryl methyl sites for hydroxylation is 1. The number of rotatable bonds is 5. The molecule has 32 heavy (non-hydrogen) atoms. The number of para-hydroxylation sites is 1. The Labute approximate surface area is 185 Å². The lowest BCUT2D eigenvalue weighted by Gasteiger charge is -2.28. The van der Waals surface area contributed by atoms with Gasteiger partial charge in [-0.2, -0.15) is 0 Å². The van der Waals surface area contributed by atoms with Gasteiger partial charge in [0.2, 0.25) is 6.79 Å². The van der Waals surface area contributed by atoms with Crippen LogP contribution in [0.1, 0.15) is 34.7 Å². The van der Waals surface area contributed by atoms with E-state index in [0.717, 1.165) is 11.1 Å². The SMILES string of the molecule is CCc1cccc2c1C(c1ccc3c(c1)OCO3)=C(C(=O)O)C2(O)c1ccccc1OC. The summed E-state index contributed by atoms with van der Waals surface area (Å²) >= 11 is 0. The normalized spacial score (nSPS) is 18.6. The lowest BCUT2D eigenvalue weighted by atomic mass is 9.82. The number of hydrogen-bond acceptors (Lipinski definition) is 5. The zero-order valence-electron chi connectivity index (χ0n) is 17.7. The van der Waals surface area contributed by atoms with Crippen LogP contribution in [-0.4, -0.2) is 30.1 Å². The van der Waals surface area contributed by atoms with Crippen molar-refractivity contribution in [2.45, 2.75) is 18.9 Å². The van der Waals surface area contributed by atoms with Crippen LogP contribution in [0.15, 0.2) is 66.2 Å². The smallest absolute Gasteiger partial charge is 0.335 e. The minimum atomic E-state index is -1.90. The van der Waals surface area contributed by atoms with Crippen molar-refractivity contribution in [2.75, 3.05) is 13.9 Å². The monoisotopic (exact) mass is 430 g/mol. The highest BCUT2D eigenvalue weighted by atomic mass is 16.7. The quantitative estimate of drug-likeness (QED) is 0.633. The number of carboxylic acids is 1. The van der Waals surface area contributed by atoms with Gasteiger partial charge in [0.05, 0.1) is 12.7 Å². The largest absolute Gasteiger partial charge is 0.496 e. The second-order valence-electron chi connectivity index (χ2n) is 7.73. The zero-order valence-corrected chi connectivity index (χ0v) is 17.7. The molecule has 3 aromatic rings. The van der Waals surface area contributed by atoms with Crippen LogP contribution in [-0.2, 0) is 16.8 Å². The third kappa shape index (κ3) is 2.73. The van der Waals surface area contributed by atoms with Gasteiger partial charge in [-0.25, -0.2) is 4.79 Å². The number of aliphatic hydroxyl groups is 1. The molecule has 0 aromatic heterocycles. The zero-order chi connectivity index (χ0) is 22.5. The fourth-order valence-electron chi connectivity index (χ4n) is 4.76. The minimum Gasteiger partial charge on any atom is -0.496 e. The van der Waals surface area contributed by atoms with Gasteiger partial charge in [0.25, 0.3) is 0 Å². The Bertz CT molecular complexity index is 1280. The molecule has 0 fully saturated rings. The molecule has 1 aliphatic carbocycles. The molecule has 2 aliphatic rings. The van der Waals surface area contributed by atoms with Crippen molar-refractivity contribution >= 4 is 11.5 Å². The molecule has 1 atom stereocenters. The highest BCUT2D eigenvalue weighted by molar-refractivity contribution is 6.08. The molecule has 6 heteroatoms. The van der Waals surface area contributed by atoms with Gasteiger partial charge in [0.1, 0.15) is 5.75 Å². The first-order valence-electron chi connectivity index (χ1n) is 10.4. The summed E-state index contributed by atoms with van der Waals surface area (Å²) < 4.78 is 16.5. The Balaban J connectivity index is 1.90. The highest BCUT2D eigenvalue weighted by Gasteiger charge is 2.50. The Kier molecular flexibility index (Phi) is 4.68. The van der Waals surface area contributed by atoms with E-state index in [4.69, 9.17) is 14.2 Å². The summed E-state index contributed by atoms with van der Waals surface area (Å²) in [4.78, 5) is 12.8. The number of carbonyl (C=O) groups is 1. The summed E-state index contributed by atoms with van der Waals surface area (Å²) in [5.41, 5.74) is 1.66. The minimum absolute atomic E-state index is 0.114. The first-order valence-corrected chi connectivity index (χ1v) is 10.4. The second-order valence-corrected chi connectivity index (χ2v) is 7.73. The molecule has 5 rings (SSSR count). The van der Waals surface area contributed by atoms with Gasteiger partial charge in [-0.15, -0.1) is 0 Å². The van der Waals surface area contributed by atoms with E-state index in [0.29, 0.717) is 45.9 Å². The Hall–Kier alpha value is -3.77. The third-order valence-electron chi connectivity index (χ3n) is 6.16. The molecular weight excluding hydrogens is 408 g/mol. The Morgan fingerprint density at radius 2 is 1.78 bits per heavy atom. The van der Waals surface area contributed by atoms with Gasteiger partial charge in [0, 0.05) is 16.7 Å². The molecule has 1 aliphatic heterocycles.